The van der Waals surface area contributed by atoms with Crippen LogP contribution in [-0.4, -0.2) is 53.0 Å². The first kappa shape index (κ1) is 21.0. The Morgan fingerprint density at radius 2 is 1.88 bits per heavy atom. The molecule has 3 atom stereocenters. The quantitative estimate of drug-likeness (QED) is 0.646. The lowest BCUT2D eigenvalue weighted by molar-refractivity contribution is -0.148. The molecule has 1 aliphatic rings. The summed E-state index contributed by atoms with van der Waals surface area (Å²) in [5.41, 5.74) is -2.43. The van der Waals surface area contributed by atoms with Crippen molar-refractivity contribution in [3.05, 3.63) is 33.1 Å². The Morgan fingerprint density at radius 3 is 2.35 bits per heavy atom. The van der Waals surface area contributed by atoms with Gasteiger partial charge < -0.3 is 19.4 Å². The van der Waals surface area contributed by atoms with E-state index in [9.17, 15) is 19.8 Å². The number of hydrogen-bond donors (Lipinski definition) is 3. The second-order valence-electron chi connectivity index (χ2n) is 8.56. The summed E-state index contributed by atoms with van der Waals surface area (Å²) in [6.07, 6.45) is -0.00746. The Kier molecular flexibility index (Phi) is 5.70. The van der Waals surface area contributed by atoms with E-state index in [0.29, 0.717) is 0 Å². The van der Waals surface area contributed by atoms with Crippen molar-refractivity contribution in [1.82, 2.24) is 9.55 Å². The molecule has 3 unspecified atom stereocenters. The third kappa shape index (κ3) is 3.59. The molecule has 0 bridgehead atoms. The molecule has 0 radical (unpaired) electrons. The van der Waals surface area contributed by atoms with Gasteiger partial charge in [0.05, 0.1) is 19.3 Å². The number of aromatic nitrogens is 2. The predicted molar refractivity (Wildman–Crippen MR) is 99.6 cm³/mol. The highest BCUT2D eigenvalue weighted by atomic mass is 28.4. The summed E-state index contributed by atoms with van der Waals surface area (Å²) in [5.74, 6) is -0.327. The van der Waals surface area contributed by atoms with Gasteiger partial charge in [0.2, 0.25) is 0 Å². The van der Waals surface area contributed by atoms with Crippen LogP contribution in [0.25, 0.3) is 0 Å². The van der Waals surface area contributed by atoms with Crippen LogP contribution in [-0.2, 0) is 9.16 Å². The van der Waals surface area contributed by atoms with E-state index in [0.717, 1.165) is 0 Å². The number of aromatic amines is 1. The minimum absolute atomic E-state index is 0.0731. The fraction of sp³-hybridized carbons (Fsp3) is 0.765. The number of rotatable bonds is 5. The Morgan fingerprint density at radius 1 is 1.31 bits per heavy atom. The number of hydrogen-bond acceptors (Lipinski definition) is 6. The summed E-state index contributed by atoms with van der Waals surface area (Å²) in [5, 5.41) is 19.9. The largest absolute Gasteiger partial charge is 0.410 e. The van der Waals surface area contributed by atoms with E-state index in [1.54, 1.807) is 0 Å². The Balaban J connectivity index is 2.46. The van der Waals surface area contributed by atoms with Crippen molar-refractivity contribution in [1.29, 1.82) is 0 Å². The summed E-state index contributed by atoms with van der Waals surface area (Å²) in [7, 11) is -2.23. The lowest BCUT2D eigenvalue weighted by Crippen LogP contribution is -2.55. The second kappa shape index (κ2) is 7.04. The van der Waals surface area contributed by atoms with Gasteiger partial charge in [0, 0.05) is 18.2 Å². The molecule has 1 saturated heterocycles. The molecule has 1 aliphatic heterocycles. The molecule has 0 saturated carbocycles. The van der Waals surface area contributed by atoms with Gasteiger partial charge in [-0.05, 0) is 18.1 Å². The number of nitrogens with zero attached hydrogens (tertiary/aromatic N) is 1. The van der Waals surface area contributed by atoms with Crippen LogP contribution in [0, 0.1) is 5.92 Å². The molecule has 26 heavy (non-hydrogen) atoms. The van der Waals surface area contributed by atoms with Crippen LogP contribution in [0.2, 0.25) is 18.1 Å². The van der Waals surface area contributed by atoms with Gasteiger partial charge in [-0.15, -0.1) is 0 Å². The molecule has 0 aromatic carbocycles. The summed E-state index contributed by atoms with van der Waals surface area (Å²) < 4.78 is 13.7. The topological polar surface area (TPSA) is 114 Å². The molecule has 9 heteroatoms. The second-order valence-corrected chi connectivity index (χ2v) is 13.3. The molecule has 0 amide bonds. The highest BCUT2D eigenvalue weighted by Crippen LogP contribution is 2.46. The summed E-state index contributed by atoms with van der Waals surface area (Å²) in [6.45, 7) is 11.4. The number of H-pyrrole nitrogens is 1. The maximum atomic E-state index is 12.2. The standard InChI is InChI=1S/C17H30N2O6Si/c1-11-13(25-26(5,6)16(2,3)4)17(9-20,10-21)24-14(11)19-8-7-12(22)18-15(19)23/h7-8,11,13-14,20-21H,9-10H2,1-6H3,(H,18,22,23). The minimum Gasteiger partial charge on any atom is -0.410 e. The van der Waals surface area contributed by atoms with E-state index in [2.05, 4.69) is 38.8 Å². The first-order valence-electron chi connectivity index (χ1n) is 8.77. The summed E-state index contributed by atoms with van der Waals surface area (Å²) in [4.78, 5) is 25.7. The lowest BCUT2D eigenvalue weighted by Gasteiger charge is -2.43. The lowest BCUT2D eigenvalue weighted by atomic mass is 9.92. The van der Waals surface area contributed by atoms with Crippen LogP contribution in [0.15, 0.2) is 21.9 Å². The van der Waals surface area contributed by atoms with E-state index < -0.39 is 50.7 Å². The molecule has 0 aliphatic carbocycles. The summed E-state index contributed by atoms with van der Waals surface area (Å²) >= 11 is 0. The van der Waals surface area contributed by atoms with Crippen molar-refractivity contribution in [2.45, 2.75) is 63.8 Å². The zero-order chi connectivity index (χ0) is 19.9. The van der Waals surface area contributed by atoms with Gasteiger partial charge >= 0.3 is 5.69 Å². The van der Waals surface area contributed by atoms with Crippen LogP contribution >= 0.6 is 0 Å². The van der Waals surface area contributed by atoms with Gasteiger partial charge in [-0.1, -0.05) is 27.7 Å². The third-order valence-electron chi connectivity index (χ3n) is 5.69. The van der Waals surface area contributed by atoms with Crippen molar-refractivity contribution >= 4 is 8.32 Å². The normalized spacial score (nSPS) is 26.2. The molecule has 1 aromatic rings. The molecule has 148 valence electrons. The highest BCUT2D eigenvalue weighted by molar-refractivity contribution is 6.74. The fourth-order valence-corrected chi connectivity index (χ4v) is 4.41. The number of aliphatic hydroxyl groups excluding tert-OH is 2. The number of nitrogens with one attached hydrogen (secondary N) is 1. The van der Waals surface area contributed by atoms with Gasteiger partial charge in [-0.3, -0.25) is 14.3 Å². The minimum atomic E-state index is -2.23. The van der Waals surface area contributed by atoms with Gasteiger partial charge in [0.15, 0.2) is 8.32 Å². The first-order chi connectivity index (χ1) is 11.9. The van der Waals surface area contributed by atoms with Crippen LogP contribution < -0.4 is 11.2 Å². The van der Waals surface area contributed by atoms with Crippen molar-refractivity contribution in [3.8, 4) is 0 Å². The molecular weight excluding hydrogens is 356 g/mol. The van der Waals surface area contributed by atoms with Crippen molar-refractivity contribution in [2.75, 3.05) is 13.2 Å². The van der Waals surface area contributed by atoms with Gasteiger partial charge in [-0.25, -0.2) is 4.79 Å². The third-order valence-corrected chi connectivity index (χ3v) is 10.1. The maximum absolute atomic E-state index is 12.2. The van der Waals surface area contributed by atoms with Crippen LogP contribution in [0.1, 0.15) is 33.9 Å². The Labute approximate surface area is 153 Å². The zero-order valence-corrected chi connectivity index (χ0v) is 17.3. The highest BCUT2D eigenvalue weighted by Gasteiger charge is 2.57. The van der Waals surface area contributed by atoms with Crippen LogP contribution in [0.5, 0.6) is 0 Å². The average Bonchev–Trinajstić information content (AvgIpc) is 2.80. The number of ether oxygens (including phenoxy) is 1. The van der Waals surface area contributed by atoms with E-state index >= 15 is 0 Å². The summed E-state index contributed by atoms with van der Waals surface area (Å²) in [6, 6.07) is 1.24. The molecule has 2 rings (SSSR count). The van der Waals surface area contributed by atoms with E-state index in [1.165, 1.54) is 16.8 Å². The molecule has 1 fully saturated rings. The van der Waals surface area contributed by atoms with E-state index in [1.807, 2.05) is 6.92 Å². The molecule has 8 nitrogen and oxygen atoms in total. The van der Waals surface area contributed by atoms with Crippen molar-refractivity contribution in [3.63, 3.8) is 0 Å². The van der Waals surface area contributed by atoms with Crippen molar-refractivity contribution < 1.29 is 19.4 Å². The molecule has 3 N–H and O–H groups in total. The van der Waals surface area contributed by atoms with Crippen LogP contribution in [0.4, 0.5) is 0 Å². The van der Waals surface area contributed by atoms with E-state index in [-0.39, 0.29) is 11.0 Å². The SMILES string of the molecule is CC1C(n2ccc(=O)[nH]c2=O)OC(CO)(CO)C1O[Si](C)(C)C(C)(C)C. The number of aliphatic hydroxyl groups is 2. The predicted octanol–water partition coefficient (Wildman–Crippen LogP) is 0.815. The monoisotopic (exact) mass is 386 g/mol. The maximum Gasteiger partial charge on any atom is 0.330 e. The van der Waals surface area contributed by atoms with Gasteiger partial charge in [0.25, 0.3) is 5.56 Å². The van der Waals surface area contributed by atoms with Crippen LogP contribution in [0.3, 0.4) is 0 Å². The Bertz CT molecular complexity index is 747. The zero-order valence-electron chi connectivity index (χ0n) is 16.3. The molecular formula is C17H30N2O6Si. The molecule has 2 heterocycles. The average molecular weight is 387 g/mol. The molecule has 0 spiro atoms. The van der Waals surface area contributed by atoms with Crippen molar-refractivity contribution in [2.24, 2.45) is 5.92 Å². The molecule has 1 aromatic heterocycles. The fourth-order valence-electron chi connectivity index (χ4n) is 2.99. The van der Waals surface area contributed by atoms with E-state index in [4.69, 9.17) is 9.16 Å². The first-order valence-corrected chi connectivity index (χ1v) is 11.7. The van der Waals surface area contributed by atoms with Gasteiger partial charge in [-0.2, -0.15) is 0 Å². The smallest absolute Gasteiger partial charge is 0.330 e. The Hall–Kier alpha value is -1.26. The van der Waals surface area contributed by atoms with Gasteiger partial charge in [0.1, 0.15) is 11.8 Å².